The number of amides is 2. The Morgan fingerprint density at radius 2 is 1.90 bits per heavy atom. The minimum absolute atomic E-state index is 0.0174. The lowest BCUT2D eigenvalue weighted by atomic mass is 9.49. The van der Waals surface area contributed by atoms with E-state index < -0.39 is 0 Å². The van der Waals surface area contributed by atoms with Crippen LogP contribution < -0.4 is 10.6 Å². The highest BCUT2D eigenvalue weighted by Gasteiger charge is 2.54. The first-order valence-electron chi connectivity index (χ1n) is 11.3. The summed E-state index contributed by atoms with van der Waals surface area (Å²) in [5.41, 5.74) is 0.927. The molecule has 6 nitrogen and oxygen atoms in total. The van der Waals surface area contributed by atoms with Crippen LogP contribution in [0, 0.1) is 23.2 Å². The van der Waals surface area contributed by atoms with E-state index in [4.69, 9.17) is 0 Å². The second-order valence-electron chi connectivity index (χ2n) is 9.80. The van der Waals surface area contributed by atoms with E-state index in [1.165, 1.54) is 19.3 Å². The molecule has 1 unspecified atom stereocenters. The summed E-state index contributed by atoms with van der Waals surface area (Å²) in [6.07, 6.45) is 11.2. The molecule has 0 spiro atoms. The molecule has 0 aromatic carbocycles. The topological polar surface area (TPSA) is 74.3 Å². The molecule has 1 aromatic rings. The molecule has 1 atom stereocenters. The largest absolute Gasteiger partial charge is 0.355 e. The van der Waals surface area contributed by atoms with Gasteiger partial charge in [-0.2, -0.15) is 0 Å². The molecule has 4 bridgehead atoms. The van der Waals surface area contributed by atoms with E-state index in [-0.39, 0.29) is 23.3 Å². The normalized spacial score (nSPS) is 35.5. The van der Waals surface area contributed by atoms with Gasteiger partial charge in [-0.3, -0.25) is 14.6 Å². The second-order valence-corrected chi connectivity index (χ2v) is 9.80. The van der Waals surface area contributed by atoms with Crippen molar-refractivity contribution in [2.45, 2.75) is 51.0 Å². The van der Waals surface area contributed by atoms with Gasteiger partial charge in [0.2, 0.25) is 11.8 Å². The summed E-state index contributed by atoms with van der Waals surface area (Å²) in [5.74, 6) is 2.61. The van der Waals surface area contributed by atoms with Gasteiger partial charge in [-0.1, -0.05) is 6.07 Å². The van der Waals surface area contributed by atoms with Crippen LogP contribution in [0.3, 0.4) is 0 Å². The first-order chi connectivity index (χ1) is 14.1. The van der Waals surface area contributed by atoms with E-state index in [9.17, 15) is 9.59 Å². The average Bonchev–Trinajstić information content (AvgIpc) is 2.73. The van der Waals surface area contributed by atoms with Crippen LogP contribution in [0.1, 0.15) is 56.6 Å². The highest BCUT2D eigenvalue weighted by Crippen LogP contribution is 2.60. The van der Waals surface area contributed by atoms with Gasteiger partial charge in [0.25, 0.3) is 0 Å². The molecular formula is C23H32N4O2. The molecule has 6 heteroatoms. The van der Waals surface area contributed by atoms with Crippen LogP contribution >= 0.6 is 0 Å². The molecule has 1 aromatic heterocycles. The molecule has 5 aliphatic rings. The molecule has 2 heterocycles. The predicted molar refractivity (Wildman–Crippen MR) is 110 cm³/mol. The molecule has 6 rings (SSSR count). The number of hydrogen-bond donors (Lipinski definition) is 2. The minimum Gasteiger partial charge on any atom is -0.355 e. The van der Waals surface area contributed by atoms with E-state index in [0.29, 0.717) is 19.5 Å². The van der Waals surface area contributed by atoms with Crippen molar-refractivity contribution < 1.29 is 9.59 Å². The number of carbonyl (C=O) groups is 2. The van der Waals surface area contributed by atoms with Crippen LogP contribution in [0.4, 0.5) is 0 Å². The molecule has 156 valence electrons. The van der Waals surface area contributed by atoms with Crippen molar-refractivity contribution in [3.05, 3.63) is 30.1 Å². The number of hydrogen-bond acceptors (Lipinski definition) is 4. The van der Waals surface area contributed by atoms with Gasteiger partial charge in [-0.05, 0) is 67.9 Å². The Balaban J connectivity index is 1.17. The highest BCUT2D eigenvalue weighted by atomic mass is 16.2. The third-order valence-corrected chi connectivity index (χ3v) is 7.78. The summed E-state index contributed by atoms with van der Waals surface area (Å²) >= 11 is 0. The maximum atomic E-state index is 13.1. The Morgan fingerprint density at radius 3 is 2.55 bits per heavy atom. The van der Waals surface area contributed by atoms with Crippen molar-refractivity contribution in [3.8, 4) is 0 Å². The number of pyridine rings is 1. The molecular weight excluding hydrogens is 364 g/mol. The number of rotatable bonds is 5. The van der Waals surface area contributed by atoms with Crippen molar-refractivity contribution in [1.29, 1.82) is 0 Å². The molecule has 4 aliphatic carbocycles. The Hall–Kier alpha value is -1.95. The van der Waals surface area contributed by atoms with Crippen LogP contribution in [0.5, 0.6) is 0 Å². The average molecular weight is 397 g/mol. The van der Waals surface area contributed by atoms with Gasteiger partial charge in [0.1, 0.15) is 0 Å². The SMILES string of the molecule is O=C(CCNC(=O)C12CC3CC(CC(C3)C1)C2)N1CCNCC1c1cccnc1. The second kappa shape index (κ2) is 7.71. The number of aromatic nitrogens is 1. The summed E-state index contributed by atoms with van der Waals surface area (Å²) in [4.78, 5) is 32.2. The standard InChI is InChI=1S/C23H32N4O2/c28-21(27-7-6-25-15-20(27)19-2-1-4-24-14-19)3-5-26-22(29)23-11-16-8-17(12-23)10-18(9-16)13-23/h1-2,4,14,16-18,20,25H,3,5-13,15H2,(H,26,29). The van der Waals surface area contributed by atoms with Crippen molar-refractivity contribution in [2.75, 3.05) is 26.2 Å². The van der Waals surface area contributed by atoms with Crippen LogP contribution in [-0.4, -0.2) is 47.9 Å². The van der Waals surface area contributed by atoms with Crippen molar-refractivity contribution in [1.82, 2.24) is 20.5 Å². The monoisotopic (exact) mass is 396 g/mol. The maximum Gasteiger partial charge on any atom is 0.226 e. The lowest BCUT2D eigenvalue weighted by Gasteiger charge is -2.55. The van der Waals surface area contributed by atoms with Gasteiger partial charge in [-0.25, -0.2) is 0 Å². The summed E-state index contributed by atoms with van der Waals surface area (Å²) in [6.45, 7) is 2.70. The predicted octanol–water partition coefficient (Wildman–Crippen LogP) is 2.28. The molecule has 1 saturated heterocycles. The maximum absolute atomic E-state index is 13.1. The van der Waals surface area contributed by atoms with Gasteiger partial charge >= 0.3 is 0 Å². The molecule has 0 radical (unpaired) electrons. The smallest absolute Gasteiger partial charge is 0.226 e. The summed E-state index contributed by atoms with van der Waals surface area (Å²) in [5, 5.41) is 6.53. The molecule has 4 saturated carbocycles. The lowest BCUT2D eigenvalue weighted by Crippen LogP contribution is -2.54. The molecule has 2 amide bonds. The fourth-order valence-corrected chi connectivity index (χ4v) is 6.88. The lowest BCUT2D eigenvalue weighted by molar-refractivity contribution is -0.146. The van der Waals surface area contributed by atoms with Crippen LogP contribution in [-0.2, 0) is 9.59 Å². The summed E-state index contributed by atoms with van der Waals surface area (Å²) in [6, 6.07) is 3.96. The quantitative estimate of drug-likeness (QED) is 0.801. The Bertz CT molecular complexity index is 730. The first-order valence-corrected chi connectivity index (χ1v) is 11.3. The van der Waals surface area contributed by atoms with Crippen molar-refractivity contribution in [3.63, 3.8) is 0 Å². The summed E-state index contributed by atoms with van der Waals surface area (Å²) in [7, 11) is 0. The van der Waals surface area contributed by atoms with Crippen LogP contribution in [0.25, 0.3) is 0 Å². The van der Waals surface area contributed by atoms with Crippen LogP contribution in [0.15, 0.2) is 24.5 Å². The highest BCUT2D eigenvalue weighted by molar-refractivity contribution is 5.84. The van der Waals surface area contributed by atoms with Crippen molar-refractivity contribution >= 4 is 11.8 Å². The Morgan fingerprint density at radius 1 is 1.17 bits per heavy atom. The van der Waals surface area contributed by atoms with E-state index in [1.807, 2.05) is 23.2 Å². The Labute approximate surface area is 172 Å². The zero-order chi connectivity index (χ0) is 19.8. The third kappa shape index (κ3) is 3.67. The number of nitrogens with zero attached hydrogens (tertiary/aromatic N) is 2. The van der Waals surface area contributed by atoms with E-state index in [0.717, 1.165) is 55.7 Å². The van der Waals surface area contributed by atoms with E-state index >= 15 is 0 Å². The number of nitrogens with one attached hydrogen (secondary N) is 2. The van der Waals surface area contributed by atoms with Crippen LogP contribution in [0.2, 0.25) is 0 Å². The van der Waals surface area contributed by atoms with Crippen molar-refractivity contribution in [2.24, 2.45) is 23.2 Å². The van der Waals surface area contributed by atoms with E-state index in [2.05, 4.69) is 15.6 Å². The molecule has 29 heavy (non-hydrogen) atoms. The zero-order valence-electron chi connectivity index (χ0n) is 17.1. The van der Waals surface area contributed by atoms with Gasteiger partial charge in [0, 0.05) is 50.4 Å². The summed E-state index contributed by atoms with van der Waals surface area (Å²) < 4.78 is 0. The molecule has 2 N–H and O–H groups in total. The zero-order valence-corrected chi connectivity index (χ0v) is 17.1. The van der Waals surface area contributed by atoms with Gasteiger partial charge in [0.15, 0.2) is 0 Å². The fourth-order valence-electron chi connectivity index (χ4n) is 6.88. The Kier molecular flexibility index (Phi) is 5.06. The van der Waals surface area contributed by atoms with Gasteiger partial charge < -0.3 is 15.5 Å². The molecule has 1 aliphatic heterocycles. The first kappa shape index (κ1) is 19.0. The van der Waals surface area contributed by atoms with Gasteiger partial charge in [0.05, 0.1) is 6.04 Å². The third-order valence-electron chi connectivity index (χ3n) is 7.78. The molecule has 5 fully saturated rings. The number of piperazine rings is 1. The minimum atomic E-state index is -0.134. The fraction of sp³-hybridized carbons (Fsp3) is 0.696. The van der Waals surface area contributed by atoms with E-state index in [1.54, 1.807) is 6.20 Å². The van der Waals surface area contributed by atoms with Gasteiger partial charge in [-0.15, -0.1) is 0 Å². The number of carbonyl (C=O) groups excluding carboxylic acids is 2.